The fraction of sp³-hybridized carbons (Fsp3) is 0.500. The molecule has 0 aliphatic rings. The van der Waals surface area contributed by atoms with Crippen molar-refractivity contribution in [3.8, 4) is 11.5 Å². The van der Waals surface area contributed by atoms with Gasteiger partial charge in [0.25, 0.3) is 0 Å². The number of unbranched alkanes of at least 4 members (excludes halogenated alkanes) is 2. The van der Waals surface area contributed by atoms with Crippen molar-refractivity contribution in [1.82, 2.24) is 0 Å². The summed E-state index contributed by atoms with van der Waals surface area (Å²) in [4.78, 5) is 11.2. The third-order valence-corrected chi connectivity index (χ3v) is 2.63. The molecule has 1 rings (SSSR count). The molecular formula is C14H20O4. The minimum absolute atomic E-state index is 0.00259. The number of carbonyl (C=O) groups is 1. The van der Waals surface area contributed by atoms with E-state index in [1.165, 1.54) is 6.92 Å². The van der Waals surface area contributed by atoms with Crippen molar-refractivity contribution in [2.45, 2.75) is 26.2 Å². The molecule has 0 heterocycles. The van der Waals surface area contributed by atoms with Crippen LogP contribution in [0.1, 0.15) is 36.5 Å². The van der Waals surface area contributed by atoms with Crippen molar-refractivity contribution in [3.05, 3.63) is 23.8 Å². The Bertz CT molecular complexity index is 387. The fourth-order valence-corrected chi connectivity index (χ4v) is 1.58. The summed E-state index contributed by atoms with van der Waals surface area (Å²) >= 11 is 0. The van der Waals surface area contributed by atoms with E-state index in [4.69, 9.17) is 14.6 Å². The van der Waals surface area contributed by atoms with Crippen LogP contribution in [0.3, 0.4) is 0 Å². The van der Waals surface area contributed by atoms with Gasteiger partial charge in [0.2, 0.25) is 0 Å². The Morgan fingerprint density at radius 2 is 2.00 bits per heavy atom. The van der Waals surface area contributed by atoms with Crippen LogP contribution >= 0.6 is 0 Å². The molecule has 1 aromatic rings. The molecule has 0 unspecified atom stereocenters. The van der Waals surface area contributed by atoms with Crippen molar-refractivity contribution in [1.29, 1.82) is 0 Å². The number of aliphatic hydroxyl groups is 1. The fourth-order valence-electron chi connectivity index (χ4n) is 1.58. The standard InChI is InChI=1S/C14H20O4/c1-11(16)12-6-7-13(14(10-12)17-2)18-9-5-3-4-8-15/h6-7,10,15H,3-5,8-9H2,1-2H3. The minimum Gasteiger partial charge on any atom is -0.493 e. The molecule has 100 valence electrons. The zero-order valence-corrected chi connectivity index (χ0v) is 10.9. The third kappa shape index (κ3) is 4.37. The van der Waals surface area contributed by atoms with E-state index in [9.17, 15) is 4.79 Å². The Kier molecular flexibility index (Phi) is 6.22. The van der Waals surface area contributed by atoms with Gasteiger partial charge in [-0.25, -0.2) is 0 Å². The lowest BCUT2D eigenvalue weighted by atomic mass is 10.1. The number of Topliss-reactive ketones (excluding diaryl/α,β-unsaturated/α-hetero) is 1. The highest BCUT2D eigenvalue weighted by atomic mass is 16.5. The first-order valence-corrected chi connectivity index (χ1v) is 6.11. The highest BCUT2D eigenvalue weighted by Crippen LogP contribution is 2.28. The Hall–Kier alpha value is -1.55. The molecule has 0 aromatic heterocycles. The number of rotatable bonds is 8. The van der Waals surface area contributed by atoms with Gasteiger partial charge < -0.3 is 14.6 Å². The van der Waals surface area contributed by atoms with Crippen molar-refractivity contribution < 1.29 is 19.4 Å². The summed E-state index contributed by atoms with van der Waals surface area (Å²) in [5.41, 5.74) is 0.611. The largest absolute Gasteiger partial charge is 0.493 e. The Labute approximate surface area is 108 Å². The SMILES string of the molecule is COc1cc(C(C)=O)ccc1OCCCCCO. The predicted octanol–water partition coefficient (Wildman–Crippen LogP) is 2.44. The van der Waals surface area contributed by atoms with Crippen LogP contribution in [-0.4, -0.2) is 31.2 Å². The molecule has 4 nitrogen and oxygen atoms in total. The molecule has 0 saturated carbocycles. The number of carbonyl (C=O) groups excluding carboxylic acids is 1. The van der Waals surface area contributed by atoms with Gasteiger partial charge in [0.15, 0.2) is 17.3 Å². The van der Waals surface area contributed by atoms with Gasteiger partial charge >= 0.3 is 0 Å². The van der Waals surface area contributed by atoms with Gasteiger partial charge in [-0.15, -0.1) is 0 Å². The van der Waals surface area contributed by atoms with Gasteiger partial charge in [-0.2, -0.15) is 0 Å². The summed E-state index contributed by atoms with van der Waals surface area (Å²) in [5.74, 6) is 1.22. The maximum atomic E-state index is 11.2. The van der Waals surface area contributed by atoms with Crippen molar-refractivity contribution in [3.63, 3.8) is 0 Å². The summed E-state index contributed by atoms with van der Waals surface area (Å²) in [6, 6.07) is 5.17. The number of ether oxygens (including phenoxy) is 2. The average molecular weight is 252 g/mol. The van der Waals surface area contributed by atoms with Crippen LogP contribution in [0.15, 0.2) is 18.2 Å². The van der Waals surface area contributed by atoms with Crippen LogP contribution in [0, 0.1) is 0 Å². The molecule has 0 aliphatic carbocycles. The quantitative estimate of drug-likeness (QED) is 0.570. The lowest BCUT2D eigenvalue weighted by Crippen LogP contribution is -2.01. The molecule has 0 saturated heterocycles. The molecule has 0 radical (unpaired) electrons. The summed E-state index contributed by atoms with van der Waals surface area (Å²) in [6.45, 7) is 2.32. The van der Waals surface area contributed by atoms with E-state index in [0.29, 0.717) is 23.7 Å². The van der Waals surface area contributed by atoms with E-state index >= 15 is 0 Å². The second-order valence-corrected chi connectivity index (χ2v) is 4.05. The second-order valence-electron chi connectivity index (χ2n) is 4.05. The number of methoxy groups -OCH3 is 1. The highest BCUT2D eigenvalue weighted by molar-refractivity contribution is 5.94. The summed E-state index contributed by atoms with van der Waals surface area (Å²) < 4.78 is 10.8. The summed E-state index contributed by atoms with van der Waals surface area (Å²) in [7, 11) is 1.55. The Morgan fingerprint density at radius 1 is 1.22 bits per heavy atom. The molecule has 0 fully saturated rings. The van der Waals surface area contributed by atoms with Crippen molar-refractivity contribution >= 4 is 5.78 Å². The summed E-state index contributed by atoms with van der Waals surface area (Å²) in [5, 5.41) is 8.65. The van der Waals surface area contributed by atoms with Gasteiger partial charge in [-0.1, -0.05) is 0 Å². The zero-order chi connectivity index (χ0) is 13.4. The Balaban J connectivity index is 2.57. The predicted molar refractivity (Wildman–Crippen MR) is 69.4 cm³/mol. The van der Waals surface area contributed by atoms with E-state index in [-0.39, 0.29) is 12.4 Å². The van der Waals surface area contributed by atoms with E-state index in [2.05, 4.69) is 0 Å². The lowest BCUT2D eigenvalue weighted by Gasteiger charge is -2.11. The number of ketones is 1. The van der Waals surface area contributed by atoms with Crippen LogP contribution in [0.5, 0.6) is 11.5 Å². The third-order valence-electron chi connectivity index (χ3n) is 2.63. The molecule has 0 aliphatic heterocycles. The number of hydrogen-bond acceptors (Lipinski definition) is 4. The van der Waals surface area contributed by atoms with Gasteiger partial charge in [0.1, 0.15) is 0 Å². The van der Waals surface area contributed by atoms with E-state index < -0.39 is 0 Å². The molecule has 0 amide bonds. The first-order valence-electron chi connectivity index (χ1n) is 6.11. The maximum absolute atomic E-state index is 11.2. The lowest BCUT2D eigenvalue weighted by molar-refractivity contribution is 0.101. The maximum Gasteiger partial charge on any atom is 0.161 e. The zero-order valence-electron chi connectivity index (χ0n) is 10.9. The Morgan fingerprint density at radius 3 is 2.61 bits per heavy atom. The van der Waals surface area contributed by atoms with Crippen LogP contribution in [0.4, 0.5) is 0 Å². The minimum atomic E-state index is 0.00259. The van der Waals surface area contributed by atoms with Crippen LogP contribution in [-0.2, 0) is 0 Å². The van der Waals surface area contributed by atoms with Crippen LogP contribution in [0.2, 0.25) is 0 Å². The molecule has 1 N–H and O–H groups in total. The van der Waals surface area contributed by atoms with Crippen LogP contribution in [0.25, 0.3) is 0 Å². The van der Waals surface area contributed by atoms with Gasteiger partial charge in [-0.3, -0.25) is 4.79 Å². The molecule has 18 heavy (non-hydrogen) atoms. The molecule has 4 heteroatoms. The van der Waals surface area contributed by atoms with E-state index in [0.717, 1.165) is 19.3 Å². The smallest absolute Gasteiger partial charge is 0.161 e. The number of hydrogen-bond donors (Lipinski definition) is 1. The molecule has 0 atom stereocenters. The van der Waals surface area contributed by atoms with Crippen molar-refractivity contribution in [2.24, 2.45) is 0 Å². The number of aliphatic hydroxyl groups excluding tert-OH is 1. The average Bonchev–Trinajstić information content (AvgIpc) is 2.38. The molecular weight excluding hydrogens is 232 g/mol. The molecule has 1 aromatic carbocycles. The highest BCUT2D eigenvalue weighted by Gasteiger charge is 2.07. The first-order chi connectivity index (χ1) is 8.69. The van der Waals surface area contributed by atoms with Gasteiger partial charge in [0.05, 0.1) is 13.7 Å². The normalized spacial score (nSPS) is 10.2. The summed E-state index contributed by atoms with van der Waals surface area (Å²) in [6.07, 6.45) is 2.62. The molecule has 0 bridgehead atoms. The van der Waals surface area contributed by atoms with E-state index in [1.54, 1.807) is 25.3 Å². The van der Waals surface area contributed by atoms with E-state index in [1.807, 2.05) is 0 Å². The molecule has 0 spiro atoms. The van der Waals surface area contributed by atoms with Crippen LogP contribution < -0.4 is 9.47 Å². The topological polar surface area (TPSA) is 55.8 Å². The van der Waals surface area contributed by atoms with Gasteiger partial charge in [-0.05, 0) is 44.4 Å². The monoisotopic (exact) mass is 252 g/mol. The first kappa shape index (κ1) is 14.5. The second kappa shape index (κ2) is 7.71. The number of benzene rings is 1. The van der Waals surface area contributed by atoms with Gasteiger partial charge in [0, 0.05) is 12.2 Å². The van der Waals surface area contributed by atoms with Crippen molar-refractivity contribution in [2.75, 3.05) is 20.3 Å².